The maximum Gasteiger partial charge on any atom is 0.375 e. The highest BCUT2D eigenvalue weighted by atomic mass is 17.1. The summed E-state index contributed by atoms with van der Waals surface area (Å²) in [4.78, 5) is 44.8. The quantitative estimate of drug-likeness (QED) is 0.0380. The lowest BCUT2D eigenvalue weighted by Crippen LogP contribution is -2.59. The van der Waals surface area contributed by atoms with Crippen LogP contribution in [0, 0.1) is 0 Å². The highest BCUT2D eigenvalue weighted by Crippen LogP contribution is 2.34. The molecular weight excluding hydrogens is 538 g/mol. The number of hydrogen-bond acceptors (Lipinski definition) is 5. The van der Waals surface area contributed by atoms with Crippen molar-refractivity contribution >= 4 is 17.7 Å². The van der Waals surface area contributed by atoms with Gasteiger partial charge in [-0.15, -0.1) is 0 Å². The van der Waals surface area contributed by atoms with E-state index in [1.54, 1.807) is 0 Å². The molecule has 0 aliphatic carbocycles. The van der Waals surface area contributed by atoms with E-state index < -0.39 is 11.5 Å². The Morgan fingerprint density at radius 2 is 0.907 bits per heavy atom. The number of likely N-dealkylation sites (tertiary alicyclic amines) is 1. The SMILES string of the molecule is CCCCCCCCCCCCCCCC(=O)N1CCC[C@@]1(C(=O)CCCCCCCCCCCCCCC)C(=O)OO. The Balaban J connectivity index is 2.26. The second-order valence-electron chi connectivity index (χ2n) is 13.3. The summed E-state index contributed by atoms with van der Waals surface area (Å²) in [6, 6.07) is 0. The Hall–Kier alpha value is -1.43. The topological polar surface area (TPSA) is 83.9 Å². The van der Waals surface area contributed by atoms with Gasteiger partial charge in [0.2, 0.25) is 11.4 Å². The summed E-state index contributed by atoms with van der Waals surface area (Å²) >= 11 is 0. The molecule has 0 unspecified atom stereocenters. The largest absolute Gasteiger partial charge is 0.375 e. The Labute approximate surface area is 265 Å². The van der Waals surface area contributed by atoms with Crippen molar-refractivity contribution in [2.24, 2.45) is 0 Å². The lowest BCUT2D eigenvalue weighted by Gasteiger charge is -2.34. The second kappa shape index (κ2) is 26.9. The third-order valence-electron chi connectivity index (χ3n) is 9.57. The fourth-order valence-corrected chi connectivity index (χ4v) is 6.79. The average Bonchev–Trinajstić information content (AvgIpc) is 3.47. The summed E-state index contributed by atoms with van der Waals surface area (Å²) in [6.07, 6.45) is 33.4. The average molecular weight is 608 g/mol. The Bertz CT molecular complexity index is 711. The number of unbranched alkanes of at least 4 members (excludes halogenated alkanes) is 24. The highest BCUT2D eigenvalue weighted by Gasteiger charge is 2.56. The normalized spacial score (nSPS) is 16.6. The molecule has 0 aromatic carbocycles. The van der Waals surface area contributed by atoms with E-state index in [1.165, 1.54) is 133 Å². The van der Waals surface area contributed by atoms with E-state index in [2.05, 4.69) is 18.7 Å². The molecule has 43 heavy (non-hydrogen) atoms. The summed E-state index contributed by atoms with van der Waals surface area (Å²) in [5.74, 6) is -1.42. The first-order valence-corrected chi connectivity index (χ1v) is 18.7. The van der Waals surface area contributed by atoms with Crippen LogP contribution in [-0.4, -0.2) is 39.9 Å². The van der Waals surface area contributed by atoms with E-state index in [9.17, 15) is 19.6 Å². The fraction of sp³-hybridized carbons (Fsp3) is 0.919. The molecule has 0 aromatic heterocycles. The van der Waals surface area contributed by atoms with Crippen LogP contribution in [0.1, 0.15) is 206 Å². The fourth-order valence-electron chi connectivity index (χ4n) is 6.79. The summed E-state index contributed by atoms with van der Waals surface area (Å²) in [5.41, 5.74) is -1.64. The van der Waals surface area contributed by atoms with Crippen molar-refractivity contribution in [1.29, 1.82) is 0 Å². The molecule has 0 spiro atoms. The predicted molar refractivity (Wildman–Crippen MR) is 178 cm³/mol. The molecule has 1 amide bonds. The van der Waals surface area contributed by atoms with Gasteiger partial charge in [0.25, 0.3) is 0 Å². The zero-order valence-corrected chi connectivity index (χ0v) is 28.4. The van der Waals surface area contributed by atoms with Crippen molar-refractivity contribution in [2.75, 3.05) is 6.54 Å². The number of nitrogens with zero attached hydrogens (tertiary/aromatic N) is 1. The molecule has 1 atom stereocenters. The minimum Gasteiger partial charge on any atom is -0.320 e. The Morgan fingerprint density at radius 1 is 0.558 bits per heavy atom. The molecular formula is C37H69NO5. The van der Waals surface area contributed by atoms with Gasteiger partial charge in [-0.05, 0) is 25.7 Å². The summed E-state index contributed by atoms with van der Waals surface area (Å²) in [5, 5.41) is 9.25. The summed E-state index contributed by atoms with van der Waals surface area (Å²) in [7, 11) is 0. The van der Waals surface area contributed by atoms with Crippen molar-refractivity contribution in [3.05, 3.63) is 0 Å². The lowest BCUT2D eigenvalue weighted by molar-refractivity contribution is -0.244. The first-order valence-electron chi connectivity index (χ1n) is 18.7. The van der Waals surface area contributed by atoms with Crippen LogP contribution in [0.5, 0.6) is 0 Å². The van der Waals surface area contributed by atoms with Crippen molar-refractivity contribution in [3.8, 4) is 0 Å². The maximum absolute atomic E-state index is 13.4. The van der Waals surface area contributed by atoms with Crippen LogP contribution >= 0.6 is 0 Å². The van der Waals surface area contributed by atoms with E-state index in [0.29, 0.717) is 25.8 Å². The lowest BCUT2D eigenvalue weighted by atomic mass is 9.87. The molecule has 1 aliphatic heterocycles. The van der Waals surface area contributed by atoms with Gasteiger partial charge in [0.1, 0.15) is 0 Å². The molecule has 252 valence electrons. The van der Waals surface area contributed by atoms with E-state index >= 15 is 0 Å². The molecule has 1 rings (SSSR count). The second-order valence-corrected chi connectivity index (χ2v) is 13.3. The molecule has 1 fully saturated rings. The number of rotatable bonds is 30. The Morgan fingerprint density at radius 3 is 1.28 bits per heavy atom. The van der Waals surface area contributed by atoms with Gasteiger partial charge in [-0.2, -0.15) is 5.26 Å². The minimum absolute atomic E-state index is 0.162. The monoisotopic (exact) mass is 608 g/mol. The molecule has 1 aliphatic rings. The van der Waals surface area contributed by atoms with Crippen LogP contribution < -0.4 is 0 Å². The molecule has 0 saturated carbocycles. The summed E-state index contributed by atoms with van der Waals surface area (Å²) in [6.45, 7) is 4.88. The number of hydrogen-bond donors (Lipinski definition) is 1. The molecule has 0 bridgehead atoms. The van der Waals surface area contributed by atoms with Crippen molar-refractivity contribution in [2.45, 2.75) is 212 Å². The van der Waals surface area contributed by atoms with Crippen molar-refractivity contribution in [3.63, 3.8) is 0 Å². The molecule has 1 heterocycles. The van der Waals surface area contributed by atoms with Crippen LogP contribution in [-0.2, 0) is 19.3 Å². The van der Waals surface area contributed by atoms with E-state index in [4.69, 9.17) is 0 Å². The van der Waals surface area contributed by atoms with Gasteiger partial charge >= 0.3 is 5.97 Å². The zero-order chi connectivity index (χ0) is 31.4. The van der Waals surface area contributed by atoms with Gasteiger partial charge < -0.3 is 4.90 Å². The van der Waals surface area contributed by atoms with Gasteiger partial charge in [-0.25, -0.2) is 4.79 Å². The summed E-state index contributed by atoms with van der Waals surface area (Å²) < 4.78 is 0. The van der Waals surface area contributed by atoms with Crippen molar-refractivity contribution < 1.29 is 24.5 Å². The number of ketones is 1. The zero-order valence-electron chi connectivity index (χ0n) is 28.4. The van der Waals surface area contributed by atoms with Gasteiger partial charge in [-0.3, -0.25) is 14.5 Å². The molecule has 0 aromatic rings. The first-order chi connectivity index (χ1) is 21.0. The predicted octanol–water partition coefficient (Wildman–Crippen LogP) is 10.9. The van der Waals surface area contributed by atoms with E-state index in [1.807, 2.05) is 0 Å². The molecule has 0 radical (unpaired) electrons. The highest BCUT2D eigenvalue weighted by molar-refractivity contribution is 6.11. The number of amides is 1. The van der Waals surface area contributed by atoms with Crippen LogP contribution in [0.4, 0.5) is 0 Å². The van der Waals surface area contributed by atoms with Crippen LogP contribution in [0.2, 0.25) is 0 Å². The number of carbonyl (C=O) groups is 3. The van der Waals surface area contributed by atoms with Gasteiger partial charge in [0.15, 0.2) is 5.78 Å². The number of Topliss-reactive ketones (excluding diaryl/α,β-unsaturated/α-hetero) is 1. The first kappa shape index (κ1) is 39.6. The van der Waals surface area contributed by atoms with Crippen LogP contribution in [0.3, 0.4) is 0 Å². The van der Waals surface area contributed by atoms with Gasteiger partial charge in [0, 0.05) is 19.4 Å². The molecule has 6 nitrogen and oxygen atoms in total. The van der Waals surface area contributed by atoms with E-state index in [0.717, 1.165) is 32.1 Å². The third-order valence-corrected chi connectivity index (χ3v) is 9.57. The minimum atomic E-state index is -1.64. The Kier molecular flexibility index (Phi) is 24.8. The standard InChI is InChI=1S/C37H69NO5/c1-3-5-7-9-11-13-15-17-19-21-23-25-27-30-34(39)37(36(41)43-42)32-29-33-38(37)35(40)31-28-26-24-22-20-18-16-14-12-10-8-6-4-2/h42H,3-33H2,1-2H3/t37-/m1/s1. The van der Waals surface area contributed by atoms with Gasteiger partial charge in [0.05, 0.1) is 0 Å². The smallest absolute Gasteiger partial charge is 0.320 e. The van der Waals surface area contributed by atoms with Crippen LogP contribution in [0.15, 0.2) is 0 Å². The van der Waals surface area contributed by atoms with Gasteiger partial charge in [-0.1, -0.05) is 168 Å². The van der Waals surface area contributed by atoms with E-state index in [-0.39, 0.29) is 24.5 Å². The molecule has 6 heteroatoms. The maximum atomic E-state index is 13.4. The van der Waals surface area contributed by atoms with Crippen molar-refractivity contribution in [1.82, 2.24) is 4.90 Å². The van der Waals surface area contributed by atoms with Crippen LogP contribution in [0.25, 0.3) is 0 Å². The number of carbonyl (C=O) groups excluding carboxylic acids is 3. The molecule has 1 saturated heterocycles. The third kappa shape index (κ3) is 17.0. The molecule has 1 N–H and O–H groups in total.